The third-order valence-electron chi connectivity index (χ3n) is 4.76. The Morgan fingerprint density at radius 2 is 2.07 bits per heavy atom. The van der Waals surface area contributed by atoms with Crippen molar-refractivity contribution in [2.45, 2.75) is 53.0 Å². The Morgan fingerprint density at radius 3 is 2.68 bits per heavy atom. The van der Waals surface area contributed by atoms with E-state index in [9.17, 15) is 9.59 Å². The number of rotatable bonds is 3. The standard InChI is InChI=1S/C19H22N6O2S/c1-9(2)25-16-14(15(23-25)18(27)24-7-6-11(4)22-24)10(3)8-13-17(16)28-19(21-13)20-12(5)26/h6-7,9-10H,8H2,1-5H3,(H,20,21,26). The van der Waals surface area contributed by atoms with Gasteiger partial charge in [-0.25, -0.2) is 9.67 Å². The minimum Gasteiger partial charge on any atom is -0.302 e. The molecule has 3 aromatic heterocycles. The van der Waals surface area contributed by atoms with Crippen LogP contribution in [0.15, 0.2) is 12.3 Å². The summed E-state index contributed by atoms with van der Waals surface area (Å²) in [6.07, 6.45) is 2.36. The lowest BCUT2D eigenvalue weighted by Gasteiger charge is -2.20. The Morgan fingerprint density at radius 1 is 1.32 bits per heavy atom. The van der Waals surface area contributed by atoms with Gasteiger partial charge >= 0.3 is 0 Å². The van der Waals surface area contributed by atoms with E-state index in [0.29, 0.717) is 17.2 Å². The van der Waals surface area contributed by atoms with E-state index in [-0.39, 0.29) is 23.8 Å². The molecule has 0 fully saturated rings. The first kappa shape index (κ1) is 18.5. The summed E-state index contributed by atoms with van der Waals surface area (Å²) in [5.74, 6) is -0.301. The SMILES string of the molecule is CC(=O)Nc1nc2c(s1)-c1c(c(C(=O)n3ccc(C)n3)nn1C(C)C)C(C)C2. The number of anilines is 1. The summed E-state index contributed by atoms with van der Waals surface area (Å²) in [5.41, 5.74) is 4.00. The second-order valence-electron chi connectivity index (χ2n) is 7.44. The van der Waals surface area contributed by atoms with Crippen LogP contribution in [0.1, 0.15) is 67.1 Å². The van der Waals surface area contributed by atoms with Gasteiger partial charge in [0.25, 0.3) is 5.91 Å². The first-order valence-electron chi connectivity index (χ1n) is 9.23. The molecule has 8 nitrogen and oxygen atoms in total. The topological polar surface area (TPSA) is 94.7 Å². The van der Waals surface area contributed by atoms with Crippen LogP contribution in [0.5, 0.6) is 0 Å². The number of nitrogens with zero attached hydrogens (tertiary/aromatic N) is 5. The van der Waals surface area contributed by atoms with Crippen molar-refractivity contribution < 1.29 is 9.59 Å². The molecule has 0 spiro atoms. The largest absolute Gasteiger partial charge is 0.302 e. The number of nitrogens with one attached hydrogen (secondary N) is 1. The predicted octanol–water partition coefficient (Wildman–Crippen LogP) is 3.40. The van der Waals surface area contributed by atoms with Crippen molar-refractivity contribution in [2.24, 2.45) is 0 Å². The van der Waals surface area contributed by atoms with Crippen LogP contribution in [-0.2, 0) is 11.2 Å². The van der Waals surface area contributed by atoms with E-state index >= 15 is 0 Å². The van der Waals surface area contributed by atoms with Crippen molar-refractivity contribution in [2.75, 3.05) is 5.32 Å². The zero-order valence-electron chi connectivity index (χ0n) is 16.5. The average Bonchev–Trinajstić information content (AvgIpc) is 3.29. The Kier molecular flexibility index (Phi) is 4.41. The van der Waals surface area contributed by atoms with Crippen LogP contribution in [0.4, 0.5) is 5.13 Å². The maximum absolute atomic E-state index is 13.1. The normalized spacial score (nSPS) is 15.4. The van der Waals surface area contributed by atoms with E-state index < -0.39 is 0 Å². The van der Waals surface area contributed by atoms with Crippen LogP contribution in [0.25, 0.3) is 10.6 Å². The van der Waals surface area contributed by atoms with Crippen LogP contribution < -0.4 is 5.32 Å². The smallest absolute Gasteiger partial charge is 0.298 e. The van der Waals surface area contributed by atoms with E-state index in [1.54, 1.807) is 12.3 Å². The van der Waals surface area contributed by atoms with Gasteiger partial charge in [-0.2, -0.15) is 10.2 Å². The highest BCUT2D eigenvalue weighted by atomic mass is 32.1. The Bertz CT molecular complexity index is 1090. The molecule has 146 valence electrons. The number of carbonyl (C=O) groups excluding carboxylic acids is 2. The number of amides is 1. The van der Waals surface area contributed by atoms with E-state index in [1.807, 2.05) is 25.5 Å². The maximum atomic E-state index is 13.1. The fourth-order valence-electron chi connectivity index (χ4n) is 3.58. The van der Waals surface area contributed by atoms with Crippen molar-refractivity contribution in [1.82, 2.24) is 24.5 Å². The molecule has 1 aliphatic rings. The van der Waals surface area contributed by atoms with Crippen LogP contribution in [0.2, 0.25) is 0 Å². The molecule has 3 aromatic rings. The number of fused-ring (bicyclic) bond motifs is 3. The van der Waals surface area contributed by atoms with Gasteiger partial charge in [0, 0.05) is 24.7 Å². The molecule has 0 bridgehead atoms. The zero-order chi connectivity index (χ0) is 20.2. The van der Waals surface area contributed by atoms with E-state index in [1.165, 1.54) is 22.9 Å². The third-order valence-corrected chi connectivity index (χ3v) is 5.78. The van der Waals surface area contributed by atoms with Gasteiger partial charge in [0.05, 0.1) is 22.0 Å². The molecule has 1 amide bonds. The van der Waals surface area contributed by atoms with Crippen LogP contribution in [-0.4, -0.2) is 36.4 Å². The summed E-state index contributed by atoms with van der Waals surface area (Å²) in [6, 6.07) is 1.87. The number of aromatic nitrogens is 5. The Hall–Kier alpha value is -2.81. The van der Waals surface area contributed by atoms with Crippen LogP contribution in [0, 0.1) is 6.92 Å². The highest BCUT2D eigenvalue weighted by Crippen LogP contribution is 2.46. The van der Waals surface area contributed by atoms with E-state index in [2.05, 4.69) is 22.3 Å². The molecule has 1 unspecified atom stereocenters. The van der Waals surface area contributed by atoms with Crippen molar-refractivity contribution in [3.63, 3.8) is 0 Å². The molecule has 28 heavy (non-hydrogen) atoms. The fraction of sp³-hybridized carbons (Fsp3) is 0.421. The Balaban J connectivity index is 1.90. The first-order chi connectivity index (χ1) is 13.3. The summed E-state index contributed by atoms with van der Waals surface area (Å²) >= 11 is 1.43. The van der Waals surface area contributed by atoms with Gasteiger partial charge in [-0.05, 0) is 39.2 Å². The minimum absolute atomic E-state index is 0.0686. The number of aryl methyl sites for hydroxylation is 1. The zero-order valence-corrected chi connectivity index (χ0v) is 17.3. The Labute approximate surface area is 166 Å². The average molecular weight is 398 g/mol. The van der Waals surface area contributed by atoms with Crippen molar-refractivity contribution >= 4 is 28.3 Å². The van der Waals surface area contributed by atoms with Gasteiger partial charge in [0.15, 0.2) is 10.8 Å². The summed E-state index contributed by atoms with van der Waals surface area (Å²) in [5, 5.41) is 12.3. The van der Waals surface area contributed by atoms with E-state index in [0.717, 1.165) is 27.5 Å². The summed E-state index contributed by atoms with van der Waals surface area (Å²) < 4.78 is 3.24. The number of hydrogen-bond donors (Lipinski definition) is 1. The molecule has 4 rings (SSSR count). The lowest BCUT2D eigenvalue weighted by atomic mass is 9.87. The number of carbonyl (C=O) groups is 2. The molecule has 0 radical (unpaired) electrons. The van der Waals surface area contributed by atoms with Gasteiger partial charge in [0.1, 0.15) is 0 Å². The maximum Gasteiger partial charge on any atom is 0.298 e. The third kappa shape index (κ3) is 2.95. The van der Waals surface area contributed by atoms with Gasteiger partial charge < -0.3 is 5.32 Å². The fourth-order valence-corrected chi connectivity index (χ4v) is 4.67. The number of hydrogen-bond acceptors (Lipinski definition) is 6. The minimum atomic E-state index is -0.231. The number of thiazole rings is 1. The first-order valence-corrected chi connectivity index (χ1v) is 10.0. The summed E-state index contributed by atoms with van der Waals surface area (Å²) in [4.78, 5) is 30.1. The molecule has 0 saturated heterocycles. The van der Waals surface area contributed by atoms with Gasteiger partial charge in [-0.15, -0.1) is 0 Å². The molecule has 1 N–H and O–H groups in total. The molecule has 0 aliphatic heterocycles. The van der Waals surface area contributed by atoms with Gasteiger partial charge in [-0.1, -0.05) is 18.3 Å². The molecule has 9 heteroatoms. The second kappa shape index (κ2) is 6.66. The summed E-state index contributed by atoms with van der Waals surface area (Å²) in [6.45, 7) is 9.47. The molecule has 0 saturated carbocycles. The highest BCUT2D eigenvalue weighted by molar-refractivity contribution is 7.19. The van der Waals surface area contributed by atoms with Crippen molar-refractivity contribution in [3.8, 4) is 10.6 Å². The highest BCUT2D eigenvalue weighted by Gasteiger charge is 2.36. The lowest BCUT2D eigenvalue weighted by Crippen LogP contribution is -2.17. The predicted molar refractivity (Wildman–Crippen MR) is 107 cm³/mol. The van der Waals surface area contributed by atoms with Crippen molar-refractivity contribution in [1.29, 1.82) is 0 Å². The molecule has 1 atom stereocenters. The molecule has 1 aliphatic carbocycles. The van der Waals surface area contributed by atoms with E-state index in [4.69, 9.17) is 5.10 Å². The second-order valence-corrected chi connectivity index (χ2v) is 8.44. The van der Waals surface area contributed by atoms with Crippen molar-refractivity contribution in [3.05, 3.63) is 34.9 Å². The molecule has 0 aromatic carbocycles. The monoisotopic (exact) mass is 398 g/mol. The lowest BCUT2D eigenvalue weighted by molar-refractivity contribution is -0.114. The van der Waals surface area contributed by atoms with Gasteiger partial charge in [0.2, 0.25) is 5.91 Å². The summed E-state index contributed by atoms with van der Waals surface area (Å²) in [7, 11) is 0. The van der Waals surface area contributed by atoms with Crippen LogP contribution in [0.3, 0.4) is 0 Å². The quantitative estimate of drug-likeness (QED) is 0.730. The van der Waals surface area contributed by atoms with Crippen LogP contribution >= 0.6 is 11.3 Å². The molecule has 3 heterocycles. The molecular formula is C19H22N6O2S. The van der Waals surface area contributed by atoms with Gasteiger partial charge in [-0.3, -0.25) is 14.3 Å². The molecular weight excluding hydrogens is 376 g/mol.